The van der Waals surface area contributed by atoms with Crippen LogP contribution in [0, 0.1) is 12.8 Å². The maximum Gasteiger partial charge on any atom is 0.276 e. The van der Waals surface area contributed by atoms with Crippen LogP contribution in [0.1, 0.15) is 55.6 Å². The molecule has 2 saturated heterocycles. The predicted octanol–water partition coefficient (Wildman–Crippen LogP) is 1.98. The van der Waals surface area contributed by atoms with Gasteiger partial charge in [0.15, 0.2) is 5.65 Å². The topological polar surface area (TPSA) is 79.7 Å². The van der Waals surface area contributed by atoms with Crippen molar-refractivity contribution in [2.45, 2.75) is 52.0 Å². The van der Waals surface area contributed by atoms with E-state index in [-0.39, 0.29) is 23.4 Å². The molecule has 0 aromatic carbocycles. The Morgan fingerprint density at radius 1 is 1.38 bits per heavy atom. The van der Waals surface area contributed by atoms with Crippen LogP contribution in [0.4, 0.5) is 0 Å². The van der Waals surface area contributed by atoms with Crippen LogP contribution in [-0.4, -0.2) is 45.2 Å². The molecule has 0 radical (unpaired) electrons. The van der Waals surface area contributed by atoms with Crippen molar-refractivity contribution >= 4 is 11.6 Å². The standard InChI is InChI=1S/C19H26N4O3/c1-3-14-12(2)20-17-10-15(21-23(17)19(14)25)16-6-4-5-8-22(16)18(24)13-7-9-26-11-13/h10,13,16,21H,3-9,11H2,1-2H3/t13-,16+/m0/s1. The molecule has 2 aliphatic heterocycles. The van der Waals surface area contributed by atoms with Crippen molar-refractivity contribution in [1.82, 2.24) is 19.5 Å². The van der Waals surface area contributed by atoms with Gasteiger partial charge in [-0.25, -0.2) is 9.50 Å². The average molecular weight is 358 g/mol. The van der Waals surface area contributed by atoms with Gasteiger partial charge >= 0.3 is 0 Å². The molecule has 4 rings (SSSR count). The first-order valence-corrected chi connectivity index (χ1v) is 9.59. The van der Waals surface area contributed by atoms with Gasteiger partial charge in [0.1, 0.15) is 0 Å². The Bertz CT molecular complexity index is 879. The molecule has 2 atom stereocenters. The lowest BCUT2D eigenvalue weighted by Gasteiger charge is -2.36. The van der Waals surface area contributed by atoms with Crippen molar-refractivity contribution in [2.75, 3.05) is 19.8 Å². The number of hydrogen-bond donors (Lipinski definition) is 1. The van der Waals surface area contributed by atoms with Gasteiger partial charge in [0.2, 0.25) is 5.91 Å². The smallest absolute Gasteiger partial charge is 0.276 e. The maximum atomic E-state index is 13.0. The quantitative estimate of drug-likeness (QED) is 0.910. The number of nitrogens with zero attached hydrogens (tertiary/aromatic N) is 3. The molecule has 140 valence electrons. The van der Waals surface area contributed by atoms with E-state index in [1.165, 1.54) is 4.52 Å². The molecule has 0 saturated carbocycles. The molecule has 0 spiro atoms. The van der Waals surface area contributed by atoms with Gasteiger partial charge in [0.25, 0.3) is 5.56 Å². The third-order valence-electron chi connectivity index (χ3n) is 5.71. The van der Waals surface area contributed by atoms with E-state index in [1.54, 1.807) is 0 Å². The highest BCUT2D eigenvalue weighted by Gasteiger charge is 2.35. The second kappa shape index (κ2) is 6.87. The Morgan fingerprint density at radius 2 is 2.23 bits per heavy atom. The molecular weight excluding hydrogens is 332 g/mol. The molecule has 26 heavy (non-hydrogen) atoms. The largest absolute Gasteiger partial charge is 0.381 e. The van der Waals surface area contributed by atoms with Crippen LogP contribution in [-0.2, 0) is 16.0 Å². The number of ether oxygens (including phenoxy) is 1. The van der Waals surface area contributed by atoms with E-state index in [1.807, 2.05) is 24.8 Å². The second-order valence-electron chi connectivity index (χ2n) is 7.34. The van der Waals surface area contributed by atoms with E-state index in [0.29, 0.717) is 25.3 Å². The van der Waals surface area contributed by atoms with Crippen molar-refractivity contribution in [3.8, 4) is 0 Å². The number of fused-ring (bicyclic) bond motifs is 1. The van der Waals surface area contributed by atoms with E-state index < -0.39 is 0 Å². The molecule has 0 bridgehead atoms. The lowest BCUT2D eigenvalue weighted by atomic mass is 9.96. The van der Waals surface area contributed by atoms with Crippen LogP contribution in [0.5, 0.6) is 0 Å². The molecule has 2 aliphatic rings. The molecule has 0 aliphatic carbocycles. The van der Waals surface area contributed by atoms with Crippen LogP contribution in [0.15, 0.2) is 10.9 Å². The molecule has 7 nitrogen and oxygen atoms in total. The summed E-state index contributed by atoms with van der Waals surface area (Å²) in [7, 11) is 0. The Balaban J connectivity index is 1.71. The molecule has 2 aromatic rings. The summed E-state index contributed by atoms with van der Waals surface area (Å²) in [5.41, 5.74) is 2.99. The number of piperidine rings is 1. The highest BCUT2D eigenvalue weighted by molar-refractivity contribution is 5.79. The van der Waals surface area contributed by atoms with Crippen LogP contribution in [0.3, 0.4) is 0 Å². The number of aryl methyl sites for hydroxylation is 1. The average Bonchev–Trinajstić information content (AvgIpc) is 3.31. The Morgan fingerprint density at radius 3 is 2.96 bits per heavy atom. The summed E-state index contributed by atoms with van der Waals surface area (Å²) in [5.74, 6) is 0.145. The van der Waals surface area contributed by atoms with E-state index in [0.717, 1.165) is 49.2 Å². The highest BCUT2D eigenvalue weighted by Crippen LogP contribution is 2.32. The van der Waals surface area contributed by atoms with Gasteiger partial charge in [-0.1, -0.05) is 6.92 Å². The van der Waals surface area contributed by atoms with Crippen molar-refractivity contribution in [3.63, 3.8) is 0 Å². The van der Waals surface area contributed by atoms with Crippen LogP contribution in [0.25, 0.3) is 5.65 Å². The molecule has 4 heterocycles. The van der Waals surface area contributed by atoms with Gasteiger partial charge in [-0.2, -0.15) is 0 Å². The third-order valence-corrected chi connectivity index (χ3v) is 5.71. The fraction of sp³-hybridized carbons (Fsp3) is 0.632. The van der Waals surface area contributed by atoms with E-state index >= 15 is 0 Å². The van der Waals surface area contributed by atoms with Crippen LogP contribution in [0.2, 0.25) is 0 Å². The van der Waals surface area contributed by atoms with Crippen LogP contribution < -0.4 is 5.56 Å². The van der Waals surface area contributed by atoms with Crippen molar-refractivity contribution in [1.29, 1.82) is 0 Å². The Hall–Kier alpha value is -2.15. The summed E-state index contributed by atoms with van der Waals surface area (Å²) >= 11 is 0. The van der Waals surface area contributed by atoms with E-state index in [4.69, 9.17) is 4.74 Å². The first-order valence-electron chi connectivity index (χ1n) is 9.59. The normalized spacial score (nSPS) is 23.7. The van der Waals surface area contributed by atoms with Crippen molar-refractivity contribution in [2.24, 2.45) is 5.92 Å². The lowest BCUT2D eigenvalue weighted by molar-refractivity contribution is -0.139. The first-order chi connectivity index (χ1) is 12.6. The molecule has 7 heteroatoms. The monoisotopic (exact) mass is 358 g/mol. The molecule has 1 amide bonds. The number of carbonyl (C=O) groups is 1. The fourth-order valence-corrected chi connectivity index (χ4v) is 4.25. The SMILES string of the molecule is CCc1c(C)nc2cc([C@H]3CCCCN3C(=O)[C@H]3CCOC3)[nH]n2c1=O. The zero-order valence-corrected chi connectivity index (χ0v) is 15.5. The minimum atomic E-state index is -0.0425. The molecule has 0 unspecified atom stereocenters. The van der Waals surface area contributed by atoms with Gasteiger partial charge in [0.05, 0.1) is 24.3 Å². The van der Waals surface area contributed by atoms with Crippen LogP contribution >= 0.6 is 0 Å². The number of rotatable bonds is 3. The Kier molecular flexibility index (Phi) is 4.56. The first kappa shape index (κ1) is 17.3. The second-order valence-corrected chi connectivity index (χ2v) is 7.34. The number of hydrogen-bond acceptors (Lipinski definition) is 4. The number of H-pyrrole nitrogens is 1. The van der Waals surface area contributed by atoms with Gasteiger partial charge in [-0.15, -0.1) is 0 Å². The van der Waals surface area contributed by atoms with Crippen molar-refractivity contribution < 1.29 is 9.53 Å². The number of aromatic nitrogens is 3. The number of likely N-dealkylation sites (tertiary alicyclic amines) is 1. The van der Waals surface area contributed by atoms with Crippen molar-refractivity contribution in [3.05, 3.63) is 33.4 Å². The predicted molar refractivity (Wildman–Crippen MR) is 97.2 cm³/mol. The van der Waals surface area contributed by atoms with E-state index in [2.05, 4.69) is 10.1 Å². The van der Waals surface area contributed by atoms with Gasteiger partial charge in [-0.05, 0) is 39.0 Å². The summed E-state index contributed by atoms with van der Waals surface area (Å²) in [4.78, 5) is 32.2. The number of carbonyl (C=O) groups excluding carboxylic acids is 1. The lowest BCUT2D eigenvalue weighted by Crippen LogP contribution is -2.42. The molecule has 1 N–H and O–H groups in total. The third kappa shape index (κ3) is 2.84. The maximum absolute atomic E-state index is 13.0. The minimum Gasteiger partial charge on any atom is -0.381 e. The summed E-state index contributed by atoms with van der Waals surface area (Å²) in [6.45, 7) is 5.79. The number of amides is 1. The highest BCUT2D eigenvalue weighted by atomic mass is 16.5. The summed E-state index contributed by atoms with van der Waals surface area (Å²) < 4.78 is 6.93. The number of nitrogens with one attached hydrogen (secondary N) is 1. The summed E-state index contributed by atoms with van der Waals surface area (Å²) in [6, 6.07) is 1.90. The van der Waals surface area contributed by atoms with Gasteiger partial charge < -0.3 is 9.64 Å². The van der Waals surface area contributed by atoms with E-state index in [9.17, 15) is 9.59 Å². The van der Waals surface area contributed by atoms with Gasteiger partial charge in [-0.3, -0.25) is 14.7 Å². The van der Waals surface area contributed by atoms with Gasteiger partial charge in [0, 0.05) is 30.5 Å². The zero-order valence-electron chi connectivity index (χ0n) is 15.5. The molecular formula is C19H26N4O3. The summed E-state index contributed by atoms with van der Waals surface area (Å²) in [5, 5.41) is 3.23. The molecule has 2 aromatic heterocycles. The Labute approximate surface area is 152 Å². The fourth-order valence-electron chi connectivity index (χ4n) is 4.25. The number of aromatic amines is 1. The summed E-state index contributed by atoms with van der Waals surface area (Å²) in [6.07, 6.45) is 4.46. The zero-order chi connectivity index (χ0) is 18.3. The molecule has 2 fully saturated rings. The minimum absolute atomic E-state index is 0.0247.